The zero-order valence-corrected chi connectivity index (χ0v) is 15.8. The van der Waals surface area contributed by atoms with Gasteiger partial charge in [0.2, 0.25) is 0 Å². The first-order valence-corrected chi connectivity index (χ1v) is 9.18. The predicted molar refractivity (Wildman–Crippen MR) is 112 cm³/mol. The fourth-order valence-electron chi connectivity index (χ4n) is 3.53. The van der Waals surface area contributed by atoms with E-state index in [4.69, 9.17) is 11.2 Å². The lowest BCUT2D eigenvalue weighted by molar-refractivity contribution is -0.143. The van der Waals surface area contributed by atoms with Gasteiger partial charge in [-0.05, 0) is 16.7 Å². The lowest BCUT2D eigenvalue weighted by Crippen LogP contribution is -2.52. The smallest absolute Gasteiger partial charge is 0.323 e. The molecule has 0 unspecified atom stereocenters. The first-order valence-electron chi connectivity index (χ1n) is 9.18. The lowest BCUT2D eigenvalue weighted by Gasteiger charge is -2.39. The molecule has 0 fully saturated rings. The molecule has 28 heavy (non-hydrogen) atoms. The highest BCUT2D eigenvalue weighted by Gasteiger charge is 2.39. The van der Waals surface area contributed by atoms with Crippen LogP contribution in [0.5, 0.6) is 0 Å². The Kier molecular flexibility index (Phi) is 6.26. The van der Waals surface area contributed by atoms with Gasteiger partial charge in [-0.25, -0.2) is 0 Å². The third-order valence-electron chi connectivity index (χ3n) is 4.82. The number of methoxy groups -OCH3 is 1. The van der Waals surface area contributed by atoms with Crippen LogP contribution in [-0.4, -0.2) is 19.1 Å². The Hall–Kier alpha value is -3.35. The summed E-state index contributed by atoms with van der Waals surface area (Å²) in [4.78, 5) is 12.5. The summed E-state index contributed by atoms with van der Waals surface area (Å²) in [5.74, 6) is 2.21. The van der Waals surface area contributed by atoms with E-state index in [0.717, 1.165) is 16.7 Å². The molecule has 0 radical (unpaired) electrons. The van der Waals surface area contributed by atoms with Crippen LogP contribution in [0, 0.1) is 12.3 Å². The summed E-state index contributed by atoms with van der Waals surface area (Å²) in [6, 6.07) is 29.5. The summed E-state index contributed by atoms with van der Waals surface area (Å²) < 4.78 is 5.02. The van der Waals surface area contributed by atoms with Crippen molar-refractivity contribution in [1.29, 1.82) is 0 Å². The van der Waals surface area contributed by atoms with E-state index < -0.39 is 11.6 Å². The Morgan fingerprint density at radius 3 is 1.61 bits per heavy atom. The minimum absolute atomic E-state index is 0.223. The third kappa shape index (κ3) is 3.83. The van der Waals surface area contributed by atoms with Crippen LogP contribution < -0.4 is 5.32 Å². The molecule has 0 spiro atoms. The Morgan fingerprint density at radius 2 is 1.29 bits per heavy atom. The van der Waals surface area contributed by atoms with Gasteiger partial charge in [0.05, 0.1) is 12.6 Å². The van der Waals surface area contributed by atoms with Crippen LogP contribution >= 0.6 is 0 Å². The maximum Gasteiger partial charge on any atom is 0.323 e. The topological polar surface area (TPSA) is 38.3 Å². The standard InChI is InChI=1S/C25H23NO2/c1-3-13-23(24(27)28-2)26-25(20-14-7-4-8-15-20,21-16-9-5-10-17-21)22-18-11-6-12-19-22/h1,4-12,14-19,23,26H,13H2,2H3/t23-/m0/s1. The highest BCUT2D eigenvalue weighted by atomic mass is 16.5. The Balaban J connectivity index is 2.28. The summed E-state index contributed by atoms with van der Waals surface area (Å²) in [7, 11) is 1.38. The van der Waals surface area contributed by atoms with Gasteiger partial charge in [-0.1, -0.05) is 91.0 Å². The van der Waals surface area contributed by atoms with Gasteiger partial charge in [0.1, 0.15) is 6.04 Å². The van der Waals surface area contributed by atoms with Crippen molar-refractivity contribution in [2.45, 2.75) is 18.0 Å². The molecule has 3 nitrogen and oxygen atoms in total. The summed E-state index contributed by atoms with van der Waals surface area (Å²) >= 11 is 0. The summed E-state index contributed by atoms with van der Waals surface area (Å²) in [5, 5.41) is 3.55. The van der Waals surface area contributed by atoms with E-state index in [0.29, 0.717) is 0 Å². The van der Waals surface area contributed by atoms with Crippen molar-refractivity contribution in [2.75, 3.05) is 7.11 Å². The number of rotatable bonds is 7. The largest absolute Gasteiger partial charge is 0.468 e. The summed E-state index contributed by atoms with van der Waals surface area (Å²) in [6.07, 6.45) is 5.78. The van der Waals surface area contributed by atoms with E-state index in [-0.39, 0.29) is 12.4 Å². The van der Waals surface area contributed by atoms with Gasteiger partial charge in [0, 0.05) is 6.42 Å². The van der Waals surface area contributed by atoms with Gasteiger partial charge in [-0.2, -0.15) is 0 Å². The molecule has 0 aliphatic rings. The van der Waals surface area contributed by atoms with Crippen molar-refractivity contribution in [3.8, 4) is 12.3 Å². The molecule has 1 N–H and O–H groups in total. The van der Waals surface area contributed by atoms with Crippen LogP contribution in [0.25, 0.3) is 0 Å². The summed E-state index contributed by atoms with van der Waals surface area (Å²) in [6.45, 7) is 0. The van der Waals surface area contributed by atoms with E-state index in [9.17, 15) is 4.79 Å². The van der Waals surface area contributed by atoms with Gasteiger partial charge in [0.15, 0.2) is 0 Å². The maximum atomic E-state index is 12.5. The van der Waals surface area contributed by atoms with Gasteiger partial charge >= 0.3 is 5.97 Å². The van der Waals surface area contributed by atoms with Crippen molar-refractivity contribution in [2.24, 2.45) is 0 Å². The van der Waals surface area contributed by atoms with Crippen LogP contribution in [0.1, 0.15) is 23.1 Å². The molecule has 0 amide bonds. The second-order valence-electron chi connectivity index (χ2n) is 6.48. The highest BCUT2D eigenvalue weighted by molar-refractivity contribution is 5.76. The van der Waals surface area contributed by atoms with Crippen LogP contribution in [0.15, 0.2) is 91.0 Å². The number of carbonyl (C=O) groups excluding carboxylic acids is 1. The fourth-order valence-corrected chi connectivity index (χ4v) is 3.53. The molecule has 0 saturated carbocycles. The minimum atomic E-state index is -0.764. The van der Waals surface area contributed by atoms with Crippen LogP contribution in [-0.2, 0) is 15.1 Å². The normalized spacial score (nSPS) is 12.0. The Bertz CT molecular complexity index is 834. The number of terminal acetylenes is 1. The number of benzene rings is 3. The van der Waals surface area contributed by atoms with Crippen LogP contribution in [0.3, 0.4) is 0 Å². The molecule has 1 atom stereocenters. The SMILES string of the molecule is C#CC[C@H](NC(c1ccccc1)(c1ccccc1)c1ccccc1)C(=O)OC. The second kappa shape index (κ2) is 9.03. The monoisotopic (exact) mass is 369 g/mol. The number of carbonyl (C=O) groups is 1. The number of hydrogen-bond acceptors (Lipinski definition) is 3. The van der Waals surface area contributed by atoms with Crippen LogP contribution in [0.2, 0.25) is 0 Å². The van der Waals surface area contributed by atoms with Gasteiger partial charge in [0.25, 0.3) is 0 Å². The zero-order chi connectivity index (χ0) is 19.8. The number of ether oxygens (including phenoxy) is 1. The Labute approximate surface area is 166 Å². The first-order chi connectivity index (χ1) is 13.7. The molecule has 0 aliphatic heterocycles. The van der Waals surface area contributed by atoms with E-state index in [1.807, 2.05) is 54.6 Å². The van der Waals surface area contributed by atoms with Crippen molar-refractivity contribution < 1.29 is 9.53 Å². The first kappa shape index (κ1) is 19.4. The fraction of sp³-hybridized carbons (Fsp3) is 0.160. The number of nitrogens with one attached hydrogen (secondary N) is 1. The second-order valence-corrected chi connectivity index (χ2v) is 6.48. The van der Waals surface area contributed by atoms with E-state index in [2.05, 4.69) is 47.6 Å². The quantitative estimate of drug-likeness (QED) is 0.387. The molecular weight excluding hydrogens is 346 g/mol. The van der Waals surface area contributed by atoms with Crippen molar-refractivity contribution in [3.05, 3.63) is 108 Å². The molecule has 3 aromatic carbocycles. The minimum Gasteiger partial charge on any atom is -0.468 e. The highest BCUT2D eigenvalue weighted by Crippen LogP contribution is 2.37. The Morgan fingerprint density at radius 1 is 0.893 bits per heavy atom. The molecule has 0 saturated heterocycles. The zero-order valence-electron chi connectivity index (χ0n) is 15.8. The molecular formula is C25H23NO2. The predicted octanol–water partition coefficient (Wildman–Crippen LogP) is 4.13. The average molecular weight is 369 g/mol. The lowest BCUT2D eigenvalue weighted by atomic mass is 9.76. The van der Waals surface area contributed by atoms with Gasteiger partial charge in [-0.3, -0.25) is 10.1 Å². The maximum absolute atomic E-state index is 12.5. The molecule has 3 heteroatoms. The van der Waals surface area contributed by atoms with E-state index >= 15 is 0 Å². The molecule has 0 heterocycles. The summed E-state index contributed by atoms with van der Waals surface area (Å²) in [5.41, 5.74) is 2.27. The van der Waals surface area contributed by atoms with Crippen molar-refractivity contribution in [3.63, 3.8) is 0 Å². The molecule has 0 aliphatic carbocycles. The number of esters is 1. The van der Waals surface area contributed by atoms with Crippen LogP contribution in [0.4, 0.5) is 0 Å². The van der Waals surface area contributed by atoms with Gasteiger partial charge < -0.3 is 4.74 Å². The average Bonchev–Trinajstić information content (AvgIpc) is 2.78. The molecule has 0 bridgehead atoms. The molecule has 3 aromatic rings. The molecule has 140 valence electrons. The van der Waals surface area contributed by atoms with Crippen molar-refractivity contribution in [1.82, 2.24) is 5.32 Å². The van der Waals surface area contributed by atoms with E-state index in [1.165, 1.54) is 7.11 Å². The number of hydrogen-bond donors (Lipinski definition) is 1. The third-order valence-corrected chi connectivity index (χ3v) is 4.82. The van der Waals surface area contributed by atoms with Crippen molar-refractivity contribution >= 4 is 5.97 Å². The molecule has 3 rings (SSSR count). The van der Waals surface area contributed by atoms with Gasteiger partial charge in [-0.15, -0.1) is 12.3 Å². The molecule has 0 aromatic heterocycles. The van der Waals surface area contributed by atoms with E-state index in [1.54, 1.807) is 0 Å².